The summed E-state index contributed by atoms with van der Waals surface area (Å²) in [5.74, 6) is -2.77. The molecule has 2 amide bonds. The molecule has 21 heavy (non-hydrogen) atoms. The lowest BCUT2D eigenvalue weighted by atomic mass is 10.1. The molecule has 1 saturated heterocycles. The maximum absolute atomic E-state index is 11.8. The maximum Gasteiger partial charge on any atom is 0.335 e. The van der Waals surface area contributed by atoms with Crippen LogP contribution in [0.2, 0.25) is 0 Å². The molecule has 0 bridgehead atoms. The molecule has 0 saturated carbocycles. The number of nitrogens with zero attached hydrogens (tertiary/aromatic N) is 1. The maximum atomic E-state index is 11.8. The fourth-order valence-electron chi connectivity index (χ4n) is 1.68. The van der Waals surface area contributed by atoms with Crippen molar-refractivity contribution in [1.82, 2.24) is 5.06 Å². The van der Waals surface area contributed by atoms with E-state index in [4.69, 9.17) is 9.57 Å². The molecule has 0 spiro atoms. The monoisotopic (exact) mass is 299 g/mol. The van der Waals surface area contributed by atoms with Gasteiger partial charge in [-0.25, -0.2) is 4.79 Å². The average molecular weight is 299 g/mol. The van der Waals surface area contributed by atoms with E-state index in [1.54, 1.807) is 27.7 Å². The minimum absolute atomic E-state index is 0.0540. The van der Waals surface area contributed by atoms with Crippen LogP contribution in [0.4, 0.5) is 0 Å². The summed E-state index contributed by atoms with van der Waals surface area (Å²) in [6.07, 6.45) is 0.399. The summed E-state index contributed by atoms with van der Waals surface area (Å²) in [5, 5.41) is 0.506. The molecule has 0 N–H and O–H groups in total. The van der Waals surface area contributed by atoms with Crippen LogP contribution < -0.4 is 0 Å². The lowest BCUT2D eigenvalue weighted by molar-refractivity contribution is -0.200. The lowest BCUT2D eigenvalue weighted by Gasteiger charge is -2.20. The molecular weight excluding hydrogens is 278 g/mol. The van der Waals surface area contributed by atoms with Gasteiger partial charge < -0.3 is 9.57 Å². The highest BCUT2D eigenvalue weighted by molar-refractivity contribution is 6.01. The van der Waals surface area contributed by atoms with Gasteiger partial charge in [0.05, 0.1) is 5.92 Å². The number of amides is 2. The molecule has 1 atom stereocenters. The van der Waals surface area contributed by atoms with Crippen LogP contribution in [0.25, 0.3) is 0 Å². The topological polar surface area (TPSA) is 90.0 Å². The highest BCUT2D eigenvalue weighted by atomic mass is 16.7. The van der Waals surface area contributed by atoms with Gasteiger partial charge in [0.15, 0.2) is 0 Å². The molecule has 0 aliphatic carbocycles. The molecule has 0 aromatic heterocycles. The van der Waals surface area contributed by atoms with Crippen LogP contribution in [0.3, 0.4) is 0 Å². The molecule has 0 radical (unpaired) electrons. The number of rotatable bonds is 5. The van der Waals surface area contributed by atoms with E-state index in [0.29, 0.717) is 5.06 Å². The second kappa shape index (κ2) is 6.69. The minimum Gasteiger partial charge on any atom is -0.460 e. The number of carbonyl (C=O) groups is 4. The first kappa shape index (κ1) is 17.1. The molecule has 1 fully saturated rings. The molecule has 1 aliphatic rings. The van der Waals surface area contributed by atoms with Crippen molar-refractivity contribution in [3.63, 3.8) is 0 Å². The quantitative estimate of drug-likeness (QED) is 0.562. The van der Waals surface area contributed by atoms with Crippen LogP contribution in [-0.2, 0) is 28.8 Å². The van der Waals surface area contributed by atoms with Crippen LogP contribution in [0.1, 0.15) is 53.4 Å². The van der Waals surface area contributed by atoms with Crippen LogP contribution in [-0.4, -0.2) is 34.4 Å². The number of hydrogen-bond donors (Lipinski definition) is 0. The Morgan fingerprint density at radius 1 is 1.19 bits per heavy atom. The van der Waals surface area contributed by atoms with Crippen LogP contribution in [0, 0.1) is 5.92 Å². The smallest absolute Gasteiger partial charge is 0.335 e. The summed E-state index contributed by atoms with van der Waals surface area (Å²) < 4.78 is 5.13. The normalized spacial score (nSPS) is 16.9. The van der Waals surface area contributed by atoms with E-state index in [1.165, 1.54) is 0 Å². The highest BCUT2D eigenvalue weighted by Crippen LogP contribution is 2.17. The second-order valence-electron chi connectivity index (χ2n) is 6.02. The third kappa shape index (κ3) is 5.53. The number of hydroxylamine groups is 2. The number of esters is 1. The molecule has 7 nitrogen and oxygen atoms in total. The fraction of sp³-hybridized carbons (Fsp3) is 0.714. The van der Waals surface area contributed by atoms with E-state index in [1.807, 2.05) is 0 Å². The van der Waals surface area contributed by atoms with E-state index in [2.05, 4.69) is 0 Å². The molecule has 0 aromatic carbocycles. The molecule has 1 heterocycles. The second-order valence-corrected chi connectivity index (χ2v) is 6.02. The Kier molecular flexibility index (Phi) is 5.46. The number of hydrogen-bond acceptors (Lipinski definition) is 6. The molecule has 7 heteroatoms. The van der Waals surface area contributed by atoms with Gasteiger partial charge in [-0.2, -0.15) is 0 Å². The van der Waals surface area contributed by atoms with E-state index in [9.17, 15) is 19.2 Å². The predicted molar refractivity (Wildman–Crippen MR) is 71.4 cm³/mol. The van der Waals surface area contributed by atoms with E-state index < -0.39 is 35.3 Å². The fourth-order valence-corrected chi connectivity index (χ4v) is 1.68. The summed E-state index contributed by atoms with van der Waals surface area (Å²) in [4.78, 5) is 50.7. The standard InChI is InChI=1S/C14H21NO6/c1-9(5-8-12(18)20-14(2,3)4)13(19)21-15-10(16)6-7-11(15)17/h9H,5-8H2,1-4H3/t9-/m1/s1. The molecule has 1 rings (SSSR count). The summed E-state index contributed by atoms with van der Waals surface area (Å²) in [5.41, 5.74) is -0.574. The number of carbonyl (C=O) groups excluding carboxylic acids is 4. The number of ether oxygens (including phenoxy) is 1. The van der Waals surface area contributed by atoms with Crippen molar-refractivity contribution in [3.05, 3.63) is 0 Å². The van der Waals surface area contributed by atoms with Gasteiger partial charge in [0, 0.05) is 19.3 Å². The first-order chi connectivity index (χ1) is 9.60. The van der Waals surface area contributed by atoms with Crippen molar-refractivity contribution in [3.8, 4) is 0 Å². The van der Waals surface area contributed by atoms with E-state index >= 15 is 0 Å². The van der Waals surface area contributed by atoms with Crippen molar-refractivity contribution < 1.29 is 28.8 Å². The Labute approximate surface area is 123 Å². The predicted octanol–water partition coefficient (Wildman–Crippen LogP) is 1.35. The third-order valence-corrected chi connectivity index (χ3v) is 2.79. The van der Waals surface area contributed by atoms with Gasteiger partial charge in [0.1, 0.15) is 5.60 Å². The van der Waals surface area contributed by atoms with E-state index in [0.717, 1.165) is 0 Å². The average Bonchev–Trinajstić information content (AvgIpc) is 2.65. The van der Waals surface area contributed by atoms with Crippen molar-refractivity contribution in [2.24, 2.45) is 5.92 Å². The summed E-state index contributed by atoms with van der Waals surface area (Å²) in [6, 6.07) is 0. The summed E-state index contributed by atoms with van der Waals surface area (Å²) in [6.45, 7) is 6.84. The molecule has 118 valence electrons. The zero-order valence-electron chi connectivity index (χ0n) is 12.8. The van der Waals surface area contributed by atoms with Crippen LogP contribution >= 0.6 is 0 Å². The SMILES string of the molecule is C[C@H](CCC(=O)OC(C)(C)C)C(=O)ON1C(=O)CCC1=O. The highest BCUT2D eigenvalue weighted by Gasteiger charge is 2.34. The lowest BCUT2D eigenvalue weighted by Crippen LogP contribution is -2.34. The summed E-state index contributed by atoms with van der Waals surface area (Å²) >= 11 is 0. The van der Waals surface area contributed by atoms with Crippen molar-refractivity contribution >= 4 is 23.8 Å². The zero-order valence-corrected chi connectivity index (χ0v) is 12.8. The van der Waals surface area contributed by atoms with Crippen LogP contribution in [0.5, 0.6) is 0 Å². The Balaban J connectivity index is 2.39. The molecule has 0 aromatic rings. The van der Waals surface area contributed by atoms with Gasteiger partial charge in [-0.15, -0.1) is 5.06 Å². The Hall–Kier alpha value is -1.92. The largest absolute Gasteiger partial charge is 0.460 e. The first-order valence-corrected chi connectivity index (χ1v) is 6.89. The number of imide groups is 1. The van der Waals surface area contributed by atoms with Gasteiger partial charge in [-0.1, -0.05) is 6.92 Å². The minimum atomic E-state index is -0.706. The van der Waals surface area contributed by atoms with Crippen molar-refractivity contribution in [2.45, 2.75) is 59.0 Å². The zero-order chi connectivity index (χ0) is 16.2. The third-order valence-electron chi connectivity index (χ3n) is 2.79. The Bertz CT molecular complexity index is 435. The molecular formula is C14H21NO6. The van der Waals surface area contributed by atoms with Gasteiger partial charge in [-0.3, -0.25) is 14.4 Å². The first-order valence-electron chi connectivity index (χ1n) is 6.89. The van der Waals surface area contributed by atoms with Gasteiger partial charge in [0.2, 0.25) is 0 Å². The van der Waals surface area contributed by atoms with Crippen LogP contribution in [0.15, 0.2) is 0 Å². The van der Waals surface area contributed by atoms with Crippen molar-refractivity contribution in [2.75, 3.05) is 0 Å². The molecule has 1 aliphatic heterocycles. The summed E-state index contributed by atoms with van der Waals surface area (Å²) in [7, 11) is 0. The Morgan fingerprint density at radius 3 is 2.19 bits per heavy atom. The van der Waals surface area contributed by atoms with Gasteiger partial charge >= 0.3 is 11.9 Å². The molecule has 0 unspecified atom stereocenters. The van der Waals surface area contributed by atoms with Gasteiger partial charge in [-0.05, 0) is 27.2 Å². The van der Waals surface area contributed by atoms with Crippen molar-refractivity contribution in [1.29, 1.82) is 0 Å². The van der Waals surface area contributed by atoms with Gasteiger partial charge in [0.25, 0.3) is 11.8 Å². The van der Waals surface area contributed by atoms with E-state index in [-0.39, 0.29) is 25.7 Å². The Morgan fingerprint density at radius 2 is 1.71 bits per heavy atom.